The summed E-state index contributed by atoms with van der Waals surface area (Å²) in [6, 6.07) is 11.8. The van der Waals surface area contributed by atoms with Gasteiger partial charge in [-0.15, -0.1) is 0 Å². The van der Waals surface area contributed by atoms with Crippen LogP contribution >= 0.6 is 0 Å². The summed E-state index contributed by atoms with van der Waals surface area (Å²) in [5.74, 6) is -1.92. The highest BCUT2D eigenvalue weighted by atomic mass is 19.1. The number of amides is 1. The van der Waals surface area contributed by atoms with Crippen LogP contribution in [0.3, 0.4) is 0 Å². The zero-order valence-corrected chi connectivity index (χ0v) is 16.6. The highest BCUT2D eigenvalue weighted by Gasteiger charge is 2.37. The summed E-state index contributed by atoms with van der Waals surface area (Å²) in [5.41, 5.74) is 1.78. The summed E-state index contributed by atoms with van der Waals surface area (Å²) < 4.78 is 18.8. The molecule has 30 heavy (non-hydrogen) atoms. The Bertz CT molecular complexity index is 1030. The summed E-state index contributed by atoms with van der Waals surface area (Å²) in [4.78, 5) is 37.7. The maximum Gasteiger partial charge on any atom is 0.336 e. The summed E-state index contributed by atoms with van der Waals surface area (Å²) in [7, 11) is 1.26. The molecule has 0 spiro atoms. The van der Waals surface area contributed by atoms with Crippen molar-refractivity contribution in [3.05, 3.63) is 86.9 Å². The number of non-ortho nitro benzene ring substituents is 1. The molecular weight excluding hydrogens is 391 g/mol. The minimum atomic E-state index is -0.628. The minimum absolute atomic E-state index is 0.0354. The number of halogens is 1. The van der Waals surface area contributed by atoms with Gasteiger partial charge in [-0.3, -0.25) is 14.9 Å². The number of hydrogen-bond donors (Lipinski definition) is 0. The molecule has 1 amide bonds. The van der Waals surface area contributed by atoms with Gasteiger partial charge < -0.3 is 9.64 Å². The molecule has 1 unspecified atom stereocenters. The first-order valence-corrected chi connectivity index (χ1v) is 9.46. The third-order valence-corrected chi connectivity index (χ3v) is 5.12. The second-order valence-electron chi connectivity index (χ2n) is 6.92. The molecule has 2 aromatic rings. The summed E-state index contributed by atoms with van der Waals surface area (Å²) >= 11 is 0. The summed E-state index contributed by atoms with van der Waals surface area (Å²) in [5, 5.41) is 11.1. The van der Waals surface area contributed by atoms with Crippen LogP contribution in [0.2, 0.25) is 0 Å². The summed E-state index contributed by atoms with van der Waals surface area (Å²) in [6.07, 6.45) is 0.323. The molecule has 3 rings (SSSR count). The van der Waals surface area contributed by atoms with E-state index in [4.69, 9.17) is 4.74 Å². The van der Waals surface area contributed by atoms with E-state index < -0.39 is 22.6 Å². The number of carbonyl (C=O) groups is 2. The van der Waals surface area contributed by atoms with Gasteiger partial charge in [-0.05, 0) is 29.7 Å². The van der Waals surface area contributed by atoms with Crippen molar-refractivity contribution in [2.24, 2.45) is 0 Å². The quantitative estimate of drug-likeness (QED) is 0.405. The van der Waals surface area contributed by atoms with Crippen LogP contribution in [0.25, 0.3) is 0 Å². The number of nitrogens with zero attached hydrogens (tertiary/aromatic N) is 2. The molecule has 156 valence electrons. The van der Waals surface area contributed by atoms with E-state index >= 15 is 0 Å². The molecule has 1 atom stereocenters. The number of esters is 1. The van der Waals surface area contributed by atoms with E-state index in [1.54, 1.807) is 25.1 Å². The number of allylic oxidation sites excluding steroid dienone is 1. The van der Waals surface area contributed by atoms with Crippen molar-refractivity contribution in [3.8, 4) is 0 Å². The molecular formula is C22H21FN2O5. The van der Waals surface area contributed by atoms with Crippen molar-refractivity contribution < 1.29 is 23.6 Å². The number of benzene rings is 2. The van der Waals surface area contributed by atoms with Crippen molar-refractivity contribution in [3.63, 3.8) is 0 Å². The lowest BCUT2D eigenvalue weighted by atomic mass is 9.82. The van der Waals surface area contributed by atoms with Crippen LogP contribution in [0.4, 0.5) is 10.1 Å². The zero-order valence-electron chi connectivity index (χ0n) is 16.6. The Kier molecular flexibility index (Phi) is 6.25. The second-order valence-corrected chi connectivity index (χ2v) is 6.92. The van der Waals surface area contributed by atoms with Crippen LogP contribution in [0.1, 0.15) is 36.8 Å². The molecule has 0 N–H and O–H groups in total. The molecule has 1 aliphatic heterocycles. The molecule has 8 heteroatoms. The van der Waals surface area contributed by atoms with Crippen molar-refractivity contribution in [1.82, 2.24) is 4.90 Å². The van der Waals surface area contributed by atoms with Gasteiger partial charge in [-0.25, -0.2) is 9.18 Å². The van der Waals surface area contributed by atoms with Gasteiger partial charge in [0.05, 0.1) is 24.2 Å². The topological polar surface area (TPSA) is 89.8 Å². The number of methoxy groups -OCH3 is 1. The lowest BCUT2D eigenvalue weighted by Gasteiger charge is -2.35. The molecule has 1 heterocycles. The minimum Gasteiger partial charge on any atom is -0.466 e. The SMILES string of the molecule is CCC1=C(C(=O)OC)C(c2cccc(F)c2)CC(=O)N1Cc1cccc([N+](=O)[O-])c1. The van der Waals surface area contributed by atoms with Gasteiger partial charge in [0, 0.05) is 30.2 Å². The van der Waals surface area contributed by atoms with Crippen molar-refractivity contribution in [2.75, 3.05) is 7.11 Å². The zero-order chi connectivity index (χ0) is 21.8. The van der Waals surface area contributed by atoms with E-state index in [1.165, 1.54) is 42.3 Å². The number of ether oxygens (including phenoxy) is 1. The van der Waals surface area contributed by atoms with Crippen LogP contribution in [0, 0.1) is 15.9 Å². The molecule has 1 aliphatic rings. The Hall–Kier alpha value is -3.55. The van der Waals surface area contributed by atoms with Gasteiger partial charge in [-0.1, -0.05) is 31.2 Å². The van der Waals surface area contributed by atoms with E-state index in [0.717, 1.165) is 0 Å². The first-order chi connectivity index (χ1) is 14.3. The van der Waals surface area contributed by atoms with E-state index in [0.29, 0.717) is 28.8 Å². The average Bonchev–Trinajstić information content (AvgIpc) is 2.74. The van der Waals surface area contributed by atoms with E-state index in [2.05, 4.69) is 0 Å². The van der Waals surface area contributed by atoms with E-state index in [9.17, 15) is 24.1 Å². The van der Waals surface area contributed by atoms with Gasteiger partial charge >= 0.3 is 5.97 Å². The number of hydrogen-bond acceptors (Lipinski definition) is 5. The molecule has 0 saturated carbocycles. The van der Waals surface area contributed by atoms with Crippen LogP contribution < -0.4 is 0 Å². The summed E-state index contributed by atoms with van der Waals surface area (Å²) in [6.45, 7) is 1.89. The van der Waals surface area contributed by atoms with Gasteiger partial charge in [0.1, 0.15) is 5.82 Å². The molecule has 0 aromatic heterocycles. The predicted octanol–water partition coefficient (Wildman–Crippen LogP) is 4.09. The Labute approximate surface area is 172 Å². The van der Waals surface area contributed by atoms with Crippen LogP contribution in [-0.4, -0.2) is 28.8 Å². The fraction of sp³-hybridized carbons (Fsp3) is 0.273. The normalized spacial score (nSPS) is 16.6. The van der Waals surface area contributed by atoms with Gasteiger partial charge in [0.2, 0.25) is 5.91 Å². The maximum atomic E-state index is 13.8. The van der Waals surface area contributed by atoms with E-state index in [-0.39, 0.29) is 24.6 Å². The Morgan fingerprint density at radius 1 is 1.27 bits per heavy atom. The molecule has 0 radical (unpaired) electrons. The number of nitro groups is 1. The molecule has 0 bridgehead atoms. The van der Waals surface area contributed by atoms with E-state index in [1.807, 2.05) is 0 Å². The highest BCUT2D eigenvalue weighted by molar-refractivity contribution is 5.95. The number of nitro benzene ring substituents is 1. The van der Waals surface area contributed by atoms with Gasteiger partial charge in [0.25, 0.3) is 5.69 Å². The Morgan fingerprint density at radius 3 is 2.63 bits per heavy atom. The fourth-order valence-corrected chi connectivity index (χ4v) is 3.78. The molecule has 0 aliphatic carbocycles. The lowest BCUT2D eigenvalue weighted by molar-refractivity contribution is -0.384. The number of carbonyl (C=O) groups excluding carboxylic acids is 2. The molecule has 0 saturated heterocycles. The molecule has 7 nitrogen and oxygen atoms in total. The van der Waals surface area contributed by atoms with Gasteiger partial charge in [-0.2, -0.15) is 0 Å². The van der Waals surface area contributed by atoms with Crippen LogP contribution in [0.5, 0.6) is 0 Å². The fourth-order valence-electron chi connectivity index (χ4n) is 3.78. The van der Waals surface area contributed by atoms with Gasteiger partial charge in [0.15, 0.2) is 0 Å². The largest absolute Gasteiger partial charge is 0.466 e. The van der Waals surface area contributed by atoms with Crippen molar-refractivity contribution in [2.45, 2.75) is 32.2 Å². The third-order valence-electron chi connectivity index (χ3n) is 5.12. The molecule has 2 aromatic carbocycles. The lowest BCUT2D eigenvalue weighted by Crippen LogP contribution is -2.38. The first-order valence-electron chi connectivity index (χ1n) is 9.46. The Balaban J connectivity index is 2.07. The van der Waals surface area contributed by atoms with Crippen molar-refractivity contribution in [1.29, 1.82) is 0 Å². The average molecular weight is 412 g/mol. The monoisotopic (exact) mass is 412 g/mol. The van der Waals surface area contributed by atoms with Crippen LogP contribution in [-0.2, 0) is 20.9 Å². The van der Waals surface area contributed by atoms with Crippen LogP contribution in [0.15, 0.2) is 59.8 Å². The Morgan fingerprint density at radius 2 is 2.00 bits per heavy atom. The van der Waals surface area contributed by atoms with Crippen molar-refractivity contribution >= 4 is 17.6 Å². The standard InChI is InChI=1S/C22H21FN2O5/c1-3-19-21(22(27)30-2)18(15-7-5-8-16(23)11-15)12-20(26)24(19)13-14-6-4-9-17(10-14)25(28)29/h4-11,18H,3,12-13H2,1-2H3. The second kappa shape index (κ2) is 8.86. The number of rotatable bonds is 6. The maximum absolute atomic E-state index is 13.8. The first kappa shape index (κ1) is 21.2. The predicted molar refractivity (Wildman–Crippen MR) is 107 cm³/mol. The highest BCUT2D eigenvalue weighted by Crippen LogP contribution is 2.39. The molecule has 0 fully saturated rings. The third kappa shape index (κ3) is 4.22. The smallest absolute Gasteiger partial charge is 0.336 e.